The van der Waals surface area contributed by atoms with Gasteiger partial charge in [-0.1, -0.05) is 55.5 Å². The minimum Gasteiger partial charge on any atom is -0.348 e. The number of hydrogen-bond donors (Lipinski definition) is 2. The maximum Gasteiger partial charge on any atom is 0.326 e. The molecular formula is C27H31N7O2S. The van der Waals surface area contributed by atoms with Crippen LogP contribution in [0.15, 0.2) is 47.5 Å². The van der Waals surface area contributed by atoms with Gasteiger partial charge < -0.3 is 14.8 Å². The van der Waals surface area contributed by atoms with E-state index in [1.54, 1.807) is 0 Å². The highest BCUT2D eigenvalue weighted by atomic mass is 32.1. The lowest BCUT2D eigenvalue weighted by atomic mass is 9.83. The van der Waals surface area contributed by atoms with E-state index in [1.807, 2.05) is 59.1 Å². The van der Waals surface area contributed by atoms with Crippen molar-refractivity contribution in [3.63, 3.8) is 0 Å². The Labute approximate surface area is 219 Å². The first kappa shape index (κ1) is 23.7. The van der Waals surface area contributed by atoms with Gasteiger partial charge in [0.15, 0.2) is 5.13 Å². The highest BCUT2D eigenvalue weighted by Crippen LogP contribution is 2.35. The number of H-pyrrole nitrogens is 2. The number of amides is 1. The van der Waals surface area contributed by atoms with Gasteiger partial charge in [0.2, 0.25) is 0 Å². The van der Waals surface area contributed by atoms with E-state index in [0.717, 1.165) is 59.3 Å². The fourth-order valence-electron chi connectivity index (χ4n) is 5.62. The van der Waals surface area contributed by atoms with Crippen molar-refractivity contribution in [2.75, 3.05) is 24.5 Å². The van der Waals surface area contributed by atoms with Crippen molar-refractivity contribution in [2.24, 2.45) is 0 Å². The molecule has 2 aliphatic rings. The van der Waals surface area contributed by atoms with E-state index >= 15 is 0 Å². The third-order valence-corrected chi connectivity index (χ3v) is 8.77. The van der Waals surface area contributed by atoms with Crippen molar-refractivity contribution in [3.05, 3.63) is 75.0 Å². The Morgan fingerprint density at radius 3 is 2.68 bits per heavy atom. The second-order valence-corrected chi connectivity index (χ2v) is 11.7. The normalized spacial score (nSPS) is 17.7. The standard InChI is InChI=1S/C27H31N7O2S/c1-17-22(24(35)33-14-19-13-28-31-23(19)27(2,3)16-33)37-26(29-17)32-11-9-20(10-12-32)34-15-21(30-25(34)36)18-7-5-4-6-8-18/h4-8,13,15,20H,9-12,14,16H2,1-3H3,(H,28,31)(H,30,36). The number of rotatable bonds is 4. The molecule has 192 valence electrons. The van der Waals surface area contributed by atoms with Crippen LogP contribution in [-0.2, 0) is 12.0 Å². The molecule has 10 heteroatoms. The number of nitrogens with zero attached hydrogens (tertiary/aromatic N) is 5. The fraction of sp³-hybridized carbons (Fsp3) is 0.407. The molecule has 6 rings (SSSR count). The largest absolute Gasteiger partial charge is 0.348 e. The maximum absolute atomic E-state index is 13.5. The van der Waals surface area contributed by atoms with E-state index in [-0.39, 0.29) is 23.1 Å². The van der Waals surface area contributed by atoms with Crippen molar-refractivity contribution >= 4 is 22.4 Å². The lowest BCUT2D eigenvalue weighted by Crippen LogP contribution is -2.44. The van der Waals surface area contributed by atoms with Gasteiger partial charge in [0.1, 0.15) is 4.88 Å². The van der Waals surface area contributed by atoms with Crippen molar-refractivity contribution in [2.45, 2.75) is 51.6 Å². The lowest BCUT2D eigenvalue weighted by Gasteiger charge is -2.37. The van der Waals surface area contributed by atoms with Crippen LogP contribution in [0.4, 0.5) is 5.13 Å². The Morgan fingerprint density at radius 2 is 1.92 bits per heavy atom. The zero-order chi connectivity index (χ0) is 25.7. The summed E-state index contributed by atoms with van der Waals surface area (Å²) >= 11 is 1.48. The van der Waals surface area contributed by atoms with Crippen LogP contribution in [-0.4, -0.2) is 55.2 Å². The monoisotopic (exact) mass is 517 g/mol. The molecule has 9 nitrogen and oxygen atoms in total. The highest BCUT2D eigenvalue weighted by molar-refractivity contribution is 7.17. The summed E-state index contributed by atoms with van der Waals surface area (Å²) in [6.07, 6.45) is 5.45. The van der Waals surface area contributed by atoms with Crippen molar-refractivity contribution in [1.82, 2.24) is 29.6 Å². The van der Waals surface area contributed by atoms with E-state index < -0.39 is 0 Å². The Hall–Kier alpha value is -3.66. The van der Waals surface area contributed by atoms with E-state index in [2.05, 4.69) is 33.9 Å². The molecule has 1 fully saturated rings. The summed E-state index contributed by atoms with van der Waals surface area (Å²) in [5.74, 6) is 0.0309. The smallest absolute Gasteiger partial charge is 0.326 e. The summed E-state index contributed by atoms with van der Waals surface area (Å²) in [7, 11) is 0. The van der Waals surface area contributed by atoms with Crippen LogP contribution in [0.2, 0.25) is 0 Å². The van der Waals surface area contributed by atoms with Gasteiger partial charge in [-0.05, 0) is 25.3 Å². The number of nitrogens with one attached hydrogen (secondary N) is 2. The van der Waals surface area contributed by atoms with Gasteiger partial charge in [-0.3, -0.25) is 14.5 Å². The first-order chi connectivity index (χ1) is 17.8. The molecule has 0 bridgehead atoms. The maximum atomic E-state index is 13.5. The molecule has 2 N–H and O–H groups in total. The predicted octanol–water partition coefficient (Wildman–Crippen LogP) is 4.11. The minimum atomic E-state index is -0.181. The van der Waals surface area contributed by atoms with Crippen LogP contribution in [0.5, 0.6) is 0 Å². The Morgan fingerprint density at radius 1 is 1.16 bits per heavy atom. The molecule has 0 atom stereocenters. The van der Waals surface area contributed by atoms with Gasteiger partial charge >= 0.3 is 5.69 Å². The van der Waals surface area contributed by atoms with Crippen molar-refractivity contribution in [1.29, 1.82) is 0 Å². The summed E-state index contributed by atoms with van der Waals surface area (Å²) in [6, 6.07) is 10.1. The SMILES string of the molecule is Cc1nc(N2CCC(n3cc(-c4ccccc4)[nH]c3=O)CC2)sc1C(=O)N1Cc2cn[nH]c2C(C)(C)C1. The number of aromatic nitrogens is 5. The molecule has 0 radical (unpaired) electrons. The third kappa shape index (κ3) is 4.29. The number of carbonyl (C=O) groups excluding carboxylic acids is 1. The van der Waals surface area contributed by atoms with Gasteiger partial charge in [0.05, 0.1) is 17.6 Å². The summed E-state index contributed by atoms with van der Waals surface area (Å²) in [6.45, 7) is 8.96. The second-order valence-electron chi connectivity index (χ2n) is 10.7. The number of aromatic amines is 2. The molecule has 37 heavy (non-hydrogen) atoms. The molecule has 4 aromatic rings. The van der Waals surface area contributed by atoms with Gasteiger partial charge in [0.25, 0.3) is 5.91 Å². The number of piperidine rings is 1. The molecule has 2 aliphatic heterocycles. The number of imidazole rings is 1. The third-order valence-electron chi connectivity index (χ3n) is 7.57. The first-order valence-electron chi connectivity index (χ1n) is 12.7. The second kappa shape index (κ2) is 9.02. The van der Waals surface area contributed by atoms with Crippen LogP contribution < -0.4 is 10.6 Å². The number of aryl methyl sites for hydroxylation is 1. The van der Waals surface area contributed by atoms with Crippen LogP contribution in [0.25, 0.3) is 11.3 Å². The predicted molar refractivity (Wildman–Crippen MR) is 144 cm³/mol. The summed E-state index contributed by atoms with van der Waals surface area (Å²) < 4.78 is 1.84. The van der Waals surface area contributed by atoms with E-state index in [9.17, 15) is 9.59 Å². The first-order valence-corrected chi connectivity index (χ1v) is 13.5. The Balaban J connectivity index is 1.15. The Bertz CT molecular complexity index is 1490. The number of carbonyl (C=O) groups is 1. The molecule has 1 saturated heterocycles. The minimum absolute atomic E-state index is 0.0309. The van der Waals surface area contributed by atoms with E-state index in [0.29, 0.717) is 18.0 Å². The Kier molecular flexibility index (Phi) is 5.78. The molecule has 3 aromatic heterocycles. The molecule has 0 aliphatic carbocycles. The van der Waals surface area contributed by atoms with E-state index in [1.165, 1.54) is 11.3 Å². The number of fused-ring (bicyclic) bond motifs is 1. The summed E-state index contributed by atoms with van der Waals surface area (Å²) in [5, 5.41) is 8.18. The molecule has 5 heterocycles. The van der Waals surface area contributed by atoms with Crippen molar-refractivity contribution in [3.8, 4) is 11.3 Å². The van der Waals surface area contributed by atoms with Gasteiger partial charge in [-0.25, -0.2) is 9.78 Å². The van der Waals surface area contributed by atoms with Gasteiger partial charge in [0, 0.05) is 55.1 Å². The van der Waals surface area contributed by atoms with Gasteiger partial charge in [-0.15, -0.1) is 0 Å². The average Bonchev–Trinajstić information content (AvgIpc) is 3.63. The zero-order valence-electron chi connectivity index (χ0n) is 21.3. The molecule has 0 saturated carbocycles. The van der Waals surface area contributed by atoms with Crippen LogP contribution in [0.1, 0.15) is 59.4 Å². The van der Waals surface area contributed by atoms with Crippen LogP contribution >= 0.6 is 11.3 Å². The summed E-state index contributed by atoms with van der Waals surface area (Å²) in [5.41, 5.74) is 4.56. The molecule has 1 amide bonds. The van der Waals surface area contributed by atoms with Crippen molar-refractivity contribution < 1.29 is 4.79 Å². The van der Waals surface area contributed by atoms with E-state index in [4.69, 9.17) is 4.98 Å². The fourth-order valence-corrected chi connectivity index (χ4v) is 6.71. The highest BCUT2D eigenvalue weighted by Gasteiger charge is 2.37. The van der Waals surface area contributed by atoms with Gasteiger partial charge in [-0.2, -0.15) is 5.10 Å². The zero-order valence-corrected chi connectivity index (χ0v) is 22.1. The van der Waals surface area contributed by atoms with Crippen LogP contribution in [0, 0.1) is 6.92 Å². The topological polar surface area (TPSA) is 103 Å². The number of benzene rings is 1. The number of hydrogen-bond acceptors (Lipinski definition) is 6. The number of anilines is 1. The molecule has 0 unspecified atom stereocenters. The molecular weight excluding hydrogens is 486 g/mol. The molecule has 0 spiro atoms. The lowest BCUT2D eigenvalue weighted by molar-refractivity contribution is 0.0688. The van der Waals surface area contributed by atoms with Crippen LogP contribution in [0.3, 0.4) is 0 Å². The average molecular weight is 518 g/mol. The quantitative estimate of drug-likeness (QED) is 0.424. The molecule has 1 aromatic carbocycles. The number of thiazole rings is 1. The summed E-state index contributed by atoms with van der Waals surface area (Å²) in [4.78, 5) is 38.9.